The molecule has 1 unspecified atom stereocenters. The first-order chi connectivity index (χ1) is 16.1. The first-order valence-electron chi connectivity index (χ1n) is 14.4. The van der Waals surface area contributed by atoms with Crippen LogP contribution in [-0.4, -0.2) is 13.2 Å². The van der Waals surface area contributed by atoms with Gasteiger partial charge in [-0.15, -0.1) is 0 Å². The second-order valence-corrected chi connectivity index (χ2v) is 11.8. The molecule has 0 amide bonds. The van der Waals surface area contributed by atoms with Crippen molar-refractivity contribution in [2.24, 2.45) is 35.5 Å². The summed E-state index contributed by atoms with van der Waals surface area (Å²) in [6.07, 6.45) is 22.5. The molecule has 0 heterocycles. The van der Waals surface area contributed by atoms with Crippen LogP contribution in [0.4, 0.5) is 8.78 Å². The Hall–Kier alpha value is -0.700. The molecule has 33 heavy (non-hydrogen) atoms. The van der Waals surface area contributed by atoms with E-state index in [9.17, 15) is 0 Å². The molecule has 0 aromatic rings. The van der Waals surface area contributed by atoms with Crippen molar-refractivity contribution in [1.29, 1.82) is 0 Å². The number of unbranched alkanes of at least 4 members (excludes halogenated alkanes) is 2. The van der Waals surface area contributed by atoms with Gasteiger partial charge in [-0.05, 0) is 119 Å². The molecule has 0 saturated heterocycles. The molecule has 3 fully saturated rings. The van der Waals surface area contributed by atoms with E-state index in [-0.39, 0.29) is 11.8 Å². The van der Waals surface area contributed by atoms with Gasteiger partial charge in [-0.1, -0.05) is 38.7 Å². The molecule has 188 valence electrons. The lowest BCUT2D eigenvalue weighted by Gasteiger charge is -2.40. The maximum Gasteiger partial charge on any atom is 0.158 e. The van der Waals surface area contributed by atoms with Crippen molar-refractivity contribution in [3.05, 3.63) is 23.3 Å². The summed E-state index contributed by atoms with van der Waals surface area (Å²) in [5, 5.41) is 0. The van der Waals surface area contributed by atoms with Crippen molar-refractivity contribution >= 4 is 0 Å². The Balaban J connectivity index is 1.25. The Bertz CT molecular complexity index is 659. The summed E-state index contributed by atoms with van der Waals surface area (Å²) in [4.78, 5) is 0. The van der Waals surface area contributed by atoms with Crippen LogP contribution in [-0.2, 0) is 4.74 Å². The minimum atomic E-state index is -0.472. The fourth-order valence-electron chi connectivity index (χ4n) is 7.75. The van der Waals surface area contributed by atoms with Gasteiger partial charge in [-0.3, -0.25) is 0 Å². The highest BCUT2D eigenvalue weighted by Gasteiger charge is 2.38. The number of ether oxygens (including phenoxy) is 1. The van der Waals surface area contributed by atoms with Gasteiger partial charge in [0.15, 0.2) is 5.83 Å². The first kappa shape index (κ1) is 25.4. The Morgan fingerprint density at radius 1 is 0.788 bits per heavy atom. The minimum Gasteiger partial charge on any atom is -0.381 e. The van der Waals surface area contributed by atoms with E-state index in [2.05, 4.69) is 13.0 Å². The third-order valence-corrected chi connectivity index (χ3v) is 9.99. The highest BCUT2D eigenvalue weighted by molar-refractivity contribution is 5.35. The topological polar surface area (TPSA) is 9.23 Å². The molecule has 0 aromatic heterocycles. The van der Waals surface area contributed by atoms with Gasteiger partial charge >= 0.3 is 0 Å². The predicted molar refractivity (Wildman–Crippen MR) is 133 cm³/mol. The smallest absolute Gasteiger partial charge is 0.158 e. The average molecular weight is 463 g/mol. The maximum atomic E-state index is 15.3. The quantitative estimate of drug-likeness (QED) is 0.326. The van der Waals surface area contributed by atoms with E-state index >= 15 is 8.78 Å². The number of hydrogen-bond donors (Lipinski definition) is 0. The normalized spacial score (nSPS) is 38.3. The second-order valence-electron chi connectivity index (χ2n) is 11.8. The Kier molecular flexibility index (Phi) is 9.48. The second kappa shape index (κ2) is 12.3. The molecular formula is C30H48F2O. The third kappa shape index (κ3) is 6.30. The molecule has 0 bridgehead atoms. The van der Waals surface area contributed by atoms with Crippen molar-refractivity contribution in [3.8, 4) is 0 Å². The summed E-state index contributed by atoms with van der Waals surface area (Å²) in [5.41, 5.74) is 0.722. The van der Waals surface area contributed by atoms with E-state index in [1.54, 1.807) is 0 Å². The molecule has 0 aliphatic heterocycles. The molecule has 4 aliphatic carbocycles. The molecule has 0 N–H and O–H groups in total. The zero-order chi connectivity index (χ0) is 23.2. The van der Waals surface area contributed by atoms with Crippen LogP contribution in [0.2, 0.25) is 0 Å². The highest BCUT2D eigenvalue weighted by atomic mass is 19.2. The zero-order valence-electron chi connectivity index (χ0n) is 21.3. The van der Waals surface area contributed by atoms with E-state index in [0.717, 1.165) is 55.4 Å². The molecule has 3 saturated carbocycles. The number of allylic oxidation sites excluding steroid dienone is 4. The summed E-state index contributed by atoms with van der Waals surface area (Å²) in [6, 6.07) is 0. The lowest BCUT2D eigenvalue weighted by molar-refractivity contribution is 0.0374. The van der Waals surface area contributed by atoms with Crippen molar-refractivity contribution in [2.45, 2.75) is 122 Å². The minimum absolute atomic E-state index is 0.204. The van der Waals surface area contributed by atoms with Crippen molar-refractivity contribution in [1.82, 2.24) is 0 Å². The molecule has 4 rings (SSSR count). The number of hydrogen-bond acceptors (Lipinski definition) is 1. The summed E-state index contributed by atoms with van der Waals surface area (Å²) >= 11 is 0. The fourth-order valence-corrected chi connectivity index (χ4v) is 7.75. The van der Waals surface area contributed by atoms with Gasteiger partial charge in [0.2, 0.25) is 0 Å². The number of rotatable bonds is 8. The van der Waals surface area contributed by atoms with Crippen molar-refractivity contribution in [2.75, 3.05) is 7.11 Å². The van der Waals surface area contributed by atoms with Gasteiger partial charge in [0.1, 0.15) is 5.83 Å². The summed E-state index contributed by atoms with van der Waals surface area (Å²) in [5.74, 6) is 1.92. The maximum absolute atomic E-state index is 15.3. The Morgan fingerprint density at radius 3 is 2.00 bits per heavy atom. The van der Waals surface area contributed by atoms with Crippen LogP contribution in [0.3, 0.4) is 0 Å². The van der Waals surface area contributed by atoms with Crippen molar-refractivity contribution in [3.63, 3.8) is 0 Å². The lowest BCUT2D eigenvalue weighted by atomic mass is 9.66. The third-order valence-electron chi connectivity index (χ3n) is 9.99. The zero-order valence-corrected chi connectivity index (χ0v) is 21.3. The van der Waals surface area contributed by atoms with E-state index in [4.69, 9.17) is 4.74 Å². The van der Waals surface area contributed by atoms with Crippen molar-refractivity contribution < 1.29 is 13.5 Å². The van der Waals surface area contributed by atoms with Crippen LogP contribution in [0, 0.1) is 35.5 Å². The van der Waals surface area contributed by atoms with Gasteiger partial charge in [0.25, 0.3) is 0 Å². The highest BCUT2D eigenvalue weighted by Crippen LogP contribution is 2.48. The van der Waals surface area contributed by atoms with Crippen LogP contribution in [0.5, 0.6) is 0 Å². The van der Waals surface area contributed by atoms with Gasteiger partial charge < -0.3 is 4.74 Å². The molecular weight excluding hydrogens is 414 g/mol. The van der Waals surface area contributed by atoms with Gasteiger partial charge in [0, 0.05) is 13.0 Å². The molecule has 0 spiro atoms. The Morgan fingerprint density at radius 2 is 1.39 bits per heavy atom. The standard InChI is InChI=1S/C30H48F2O/c1-3-4-5-6-21-7-9-24(10-8-21)27-19-20-28(30(32)29(27)31)25-13-11-22(12-14-25)23-15-17-26(33-2)18-16-23/h19,21-26,28H,3-18,20H2,1-2H3. The van der Waals surface area contributed by atoms with E-state index in [1.165, 1.54) is 77.0 Å². The predicted octanol–water partition coefficient (Wildman–Crippen LogP) is 9.48. The molecule has 1 nitrogen and oxygen atoms in total. The van der Waals surface area contributed by atoms with Crippen LogP contribution in [0.1, 0.15) is 116 Å². The molecule has 3 heteroatoms. The van der Waals surface area contributed by atoms with E-state index in [0.29, 0.717) is 12.0 Å². The largest absolute Gasteiger partial charge is 0.381 e. The number of methoxy groups -OCH3 is 1. The lowest BCUT2D eigenvalue weighted by Crippen LogP contribution is -2.30. The summed E-state index contributed by atoms with van der Waals surface area (Å²) in [7, 11) is 1.83. The summed E-state index contributed by atoms with van der Waals surface area (Å²) in [6.45, 7) is 2.25. The van der Waals surface area contributed by atoms with Gasteiger partial charge in [-0.25, -0.2) is 8.78 Å². The number of halogens is 2. The van der Waals surface area contributed by atoms with Gasteiger partial charge in [-0.2, -0.15) is 0 Å². The van der Waals surface area contributed by atoms with E-state index < -0.39 is 11.7 Å². The van der Waals surface area contributed by atoms with Crippen LogP contribution in [0.15, 0.2) is 23.3 Å². The van der Waals surface area contributed by atoms with Crippen LogP contribution >= 0.6 is 0 Å². The SMILES string of the molecule is CCCCCC1CCC(C2=CCC(C3CCC(C4CCC(OC)CC4)CC3)C(F)=C2F)CC1. The Labute approximate surface area is 201 Å². The van der Waals surface area contributed by atoms with E-state index in [1.807, 2.05) is 7.11 Å². The van der Waals surface area contributed by atoms with Gasteiger partial charge in [0.05, 0.1) is 6.10 Å². The monoisotopic (exact) mass is 462 g/mol. The first-order valence-corrected chi connectivity index (χ1v) is 14.4. The van der Waals surface area contributed by atoms with Crippen LogP contribution < -0.4 is 0 Å². The fraction of sp³-hybridized carbons (Fsp3) is 0.867. The molecule has 4 aliphatic rings. The molecule has 0 radical (unpaired) electrons. The summed E-state index contributed by atoms with van der Waals surface area (Å²) < 4.78 is 36.1. The van der Waals surface area contributed by atoms with Crippen LogP contribution in [0.25, 0.3) is 0 Å². The average Bonchev–Trinajstić information content (AvgIpc) is 2.87. The molecule has 0 aromatic carbocycles. The molecule has 1 atom stereocenters.